The molecule has 0 unspecified atom stereocenters. The van der Waals surface area contributed by atoms with Gasteiger partial charge < -0.3 is 5.53 Å². The van der Waals surface area contributed by atoms with Gasteiger partial charge in [0.05, 0.1) is 0 Å². The normalized spacial score (nSPS) is 11.9. The second-order valence-corrected chi connectivity index (χ2v) is 11.4. The largest absolute Gasteiger partial charge is 2.00 e. The smallest absolute Gasteiger partial charge is 0.493 e. The minimum Gasteiger partial charge on any atom is -0.493 e. The number of benzene rings is 2. The summed E-state index contributed by atoms with van der Waals surface area (Å²) in [6.07, 6.45) is 20.9. The third-order valence-electron chi connectivity index (χ3n) is 7.34. The molecule has 1 aliphatic heterocycles. The standard InChI is InChI=1S/C34H48N2.2C3H5.Pd/c1-6-9-12-13-14-15-18-30-25-33(31-21-26(4)19-28(23-31)16-10-7-2)36(35)34(30)32-22-27(5)20-29(24-32)17-11-8-3;2*1-3-2;/h19-25H,6-18H2,1-5H3;2*3H,1-2H2;/q;2*-1;+2. The summed E-state index contributed by atoms with van der Waals surface area (Å²) in [6, 6.07) is 13.7. The van der Waals surface area contributed by atoms with Gasteiger partial charge in [0.25, 0.3) is 0 Å². The maximum atomic E-state index is 11.6. The molecule has 0 spiro atoms. The van der Waals surface area contributed by atoms with Crippen LogP contribution in [0.1, 0.15) is 125 Å². The van der Waals surface area contributed by atoms with E-state index in [4.69, 9.17) is 0 Å². The first kappa shape index (κ1) is 40.4. The number of nitrogens with zero attached hydrogens (tertiary/aromatic N) is 2. The van der Waals surface area contributed by atoms with Crippen LogP contribution in [-0.2, 0) is 33.3 Å². The molecule has 238 valence electrons. The Balaban J connectivity index is 0.00000232. The monoisotopic (exact) mass is 672 g/mol. The minimum atomic E-state index is 0. The Morgan fingerprint density at radius 1 is 0.651 bits per heavy atom. The summed E-state index contributed by atoms with van der Waals surface area (Å²) in [7, 11) is 0. The SMILES string of the molecule is C=C[CH2-].C=C[CH2-].CCCCCCCCC1=C(c2cc(C)cc(CCCC)c2)[N+](=[N-])C(c2cc(C)cc(CCCC)c2)=C1.[Pd+2]. The molecule has 1 heterocycles. The molecule has 2 aromatic carbocycles. The number of hydrogen-bond acceptors (Lipinski definition) is 0. The van der Waals surface area contributed by atoms with E-state index in [1.165, 1.54) is 109 Å². The number of hydrogen-bond donors (Lipinski definition) is 0. The summed E-state index contributed by atoms with van der Waals surface area (Å²) in [5.74, 6) is 0. The van der Waals surface area contributed by atoms with E-state index in [0.717, 1.165) is 41.8 Å². The zero-order valence-electron chi connectivity index (χ0n) is 27.9. The first-order chi connectivity index (χ1) is 20.3. The van der Waals surface area contributed by atoms with Crippen LogP contribution in [0.15, 0.2) is 73.4 Å². The van der Waals surface area contributed by atoms with Crippen LogP contribution < -0.4 is 0 Å². The van der Waals surface area contributed by atoms with Crippen molar-refractivity contribution in [1.29, 1.82) is 0 Å². The van der Waals surface area contributed by atoms with Gasteiger partial charge in [0.15, 0.2) is 0 Å². The molecule has 2 aromatic rings. The van der Waals surface area contributed by atoms with Gasteiger partial charge in [-0.05, 0) is 87.8 Å². The molecule has 0 N–H and O–H groups in total. The van der Waals surface area contributed by atoms with E-state index in [2.05, 4.69) is 104 Å². The molecule has 1 aliphatic rings. The van der Waals surface area contributed by atoms with Crippen LogP contribution in [0.25, 0.3) is 16.9 Å². The van der Waals surface area contributed by atoms with Crippen LogP contribution in [-0.4, -0.2) is 4.70 Å². The molecule has 3 heteroatoms. The fourth-order valence-electron chi connectivity index (χ4n) is 5.41. The van der Waals surface area contributed by atoms with Gasteiger partial charge in [-0.1, -0.05) is 89.0 Å². The van der Waals surface area contributed by atoms with Crippen LogP contribution in [0.2, 0.25) is 0 Å². The predicted molar refractivity (Wildman–Crippen MR) is 187 cm³/mol. The molecule has 0 saturated heterocycles. The summed E-state index contributed by atoms with van der Waals surface area (Å²) >= 11 is 0. The molecule has 0 radical (unpaired) electrons. The predicted octanol–water partition coefficient (Wildman–Crippen LogP) is 12.5. The Bertz CT molecular complexity index is 1180. The molecule has 43 heavy (non-hydrogen) atoms. The molecule has 0 aromatic heterocycles. The molecule has 0 amide bonds. The van der Waals surface area contributed by atoms with Crippen LogP contribution in [0.3, 0.4) is 0 Å². The quantitative estimate of drug-likeness (QED) is 0.0779. The zero-order chi connectivity index (χ0) is 31.3. The third-order valence-corrected chi connectivity index (χ3v) is 7.34. The van der Waals surface area contributed by atoms with Gasteiger partial charge in [-0.2, -0.15) is 0 Å². The molecule has 0 bridgehead atoms. The summed E-state index contributed by atoms with van der Waals surface area (Å²) in [6.45, 7) is 24.1. The molecule has 0 aliphatic carbocycles. The van der Waals surface area contributed by atoms with Gasteiger partial charge in [-0.3, -0.25) is 0 Å². The number of unbranched alkanes of at least 4 members (excludes halogenated alkanes) is 7. The van der Waals surface area contributed by atoms with Crippen molar-refractivity contribution in [2.75, 3.05) is 0 Å². The molecular weight excluding hydrogens is 615 g/mol. The Hall–Kier alpha value is -2.60. The molecular formula is C40H58N2Pd. The molecule has 2 nitrogen and oxygen atoms in total. The van der Waals surface area contributed by atoms with E-state index in [1.807, 2.05) is 0 Å². The van der Waals surface area contributed by atoms with Gasteiger partial charge in [-0.15, -0.1) is 0 Å². The second kappa shape index (κ2) is 23.8. The second-order valence-electron chi connectivity index (χ2n) is 11.4. The van der Waals surface area contributed by atoms with E-state index < -0.39 is 0 Å². The van der Waals surface area contributed by atoms with E-state index in [9.17, 15) is 5.53 Å². The van der Waals surface area contributed by atoms with Crippen LogP contribution in [0.5, 0.6) is 0 Å². The van der Waals surface area contributed by atoms with Crippen molar-refractivity contribution in [2.24, 2.45) is 0 Å². The number of rotatable bonds is 15. The number of aryl methyl sites for hydroxylation is 4. The van der Waals surface area contributed by atoms with Crippen molar-refractivity contribution in [1.82, 2.24) is 0 Å². The van der Waals surface area contributed by atoms with E-state index in [-0.39, 0.29) is 20.4 Å². The zero-order valence-corrected chi connectivity index (χ0v) is 29.5. The maximum absolute atomic E-state index is 11.6. The maximum Gasteiger partial charge on any atom is 2.00 e. The Morgan fingerprint density at radius 2 is 1.09 bits per heavy atom. The molecule has 0 atom stereocenters. The summed E-state index contributed by atoms with van der Waals surface area (Å²) < 4.78 is 1.49. The summed E-state index contributed by atoms with van der Waals surface area (Å²) in [5.41, 5.74) is 22.3. The first-order valence-electron chi connectivity index (χ1n) is 16.3. The van der Waals surface area contributed by atoms with Gasteiger partial charge in [-0.25, -0.2) is 43.9 Å². The Morgan fingerprint density at radius 3 is 1.60 bits per heavy atom. The van der Waals surface area contributed by atoms with Crippen LogP contribution in [0, 0.1) is 27.7 Å². The van der Waals surface area contributed by atoms with E-state index in [0.29, 0.717) is 0 Å². The number of allylic oxidation sites excluding steroid dienone is 4. The minimum absolute atomic E-state index is 0. The van der Waals surface area contributed by atoms with Crippen LogP contribution in [0.4, 0.5) is 0 Å². The third kappa shape index (κ3) is 14.6. The Labute approximate surface area is 279 Å². The van der Waals surface area contributed by atoms with Crippen LogP contribution >= 0.6 is 0 Å². The first-order valence-corrected chi connectivity index (χ1v) is 16.3. The van der Waals surface area contributed by atoms with Gasteiger partial charge in [0, 0.05) is 22.8 Å². The van der Waals surface area contributed by atoms with Crippen molar-refractivity contribution in [3.8, 4) is 0 Å². The molecule has 0 saturated carbocycles. The van der Waals surface area contributed by atoms with Gasteiger partial charge in [0.2, 0.25) is 11.4 Å². The van der Waals surface area contributed by atoms with Crippen molar-refractivity contribution >= 4 is 11.4 Å². The van der Waals surface area contributed by atoms with Gasteiger partial charge >= 0.3 is 20.4 Å². The van der Waals surface area contributed by atoms with E-state index in [1.54, 1.807) is 0 Å². The summed E-state index contributed by atoms with van der Waals surface area (Å²) in [5, 5.41) is 0. The van der Waals surface area contributed by atoms with Gasteiger partial charge in [0.1, 0.15) is 0 Å². The van der Waals surface area contributed by atoms with E-state index >= 15 is 0 Å². The molecule has 3 rings (SSSR count). The summed E-state index contributed by atoms with van der Waals surface area (Å²) in [4.78, 5) is 0. The average Bonchev–Trinajstić information content (AvgIpc) is 3.28. The fourth-order valence-corrected chi connectivity index (χ4v) is 5.41. The topological polar surface area (TPSA) is 25.3 Å². The van der Waals surface area contributed by atoms with Crippen molar-refractivity contribution in [3.05, 3.63) is 126 Å². The van der Waals surface area contributed by atoms with Crippen molar-refractivity contribution < 1.29 is 25.1 Å². The average molecular weight is 673 g/mol. The Kier molecular flexibility index (Phi) is 22.4. The van der Waals surface area contributed by atoms with Crippen molar-refractivity contribution in [3.63, 3.8) is 0 Å². The van der Waals surface area contributed by atoms with Crippen molar-refractivity contribution in [2.45, 2.75) is 118 Å². The fraction of sp³-hybridized carbons (Fsp3) is 0.450. The molecule has 0 fully saturated rings.